The van der Waals surface area contributed by atoms with Gasteiger partial charge in [-0.05, 0) is 35.9 Å². The number of rotatable bonds is 4. The quantitative estimate of drug-likeness (QED) is 0.607. The fourth-order valence-electron chi connectivity index (χ4n) is 2.46. The van der Waals surface area contributed by atoms with Gasteiger partial charge in [0, 0.05) is 16.6 Å². The smallest absolute Gasteiger partial charge is 0.270 e. The molecule has 0 bridgehead atoms. The Morgan fingerprint density at radius 2 is 2.04 bits per heavy atom. The number of hydrogen-bond acceptors (Lipinski definition) is 5. The summed E-state index contributed by atoms with van der Waals surface area (Å²) in [6.45, 7) is 2.44. The Morgan fingerprint density at radius 3 is 2.79 bits per heavy atom. The van der Waals surface area contributed by atoms with Crippen LogP contribution >= 0.6 is 22.7 Å². The number of fused-ring (bicyclic) bond motifs is 1. The van der Waals surface area contributed by atoms with Gasteiger partial charge in [0.15, 0.2) is 5.65 Å². The molecule has 0 atom stereocenters. The zero-order valence-electron chi connectivity index (χ0n) is 12.9. The third kappa shape index (κ3) is 2.83. The first kappa shape index (κ1) is 15.0. The van der Waals surface area contributed by atoms with Crippen molar-refractivity contribution in [3.63, 3.8) is 0 Å². The lowest BCUT2D eigenvalue weighted by Crippen LogP contribution is -2.24. The zero-order chi connectivity index (χ0) is 16.5. The van der Waals surface area contributed by atoms with Crippen molar-refractivity contribution in [3.8, 4) is 10.6 Å². The van der Waals surface area contributed by atoms with Gasteiger partial charge in [-0.3, -0.25) is 4.79 Å². The standard InChI is InChI=1S/C17H14N4OS2/c1-11-8-14(17(22)18-10-12-4-2-6-23-12)19-16-9-13(20-21(11)16)15-5-3-7-24-15/h2-9H,10H2,1H3,(H,18,22). The number of aromatic nitrogens is 3. The number of carbonyl (C=O) groups excluding carboxylic acids is 1. The second-order valence-corrected chi connectivity index (χ2v) is 7.30. The summed E-state index contributed by atoms with van der Waals surface area (Å²) < 4.78 is 1.77. The van der Waals surface area contributed by atoms with Gasteiger partial charge in [-0.25, -0.2) is 9.50 Å². The average molecular weight is 354 g/mol. The van der Waals surface area contributed by atoms with Gasteiger partial charge in [0.25, 0.3) is 5.91 Å². The van der Waals surface area contributed by atoms with E-state index in [0.29, 0.717) is 17.9 Å². The Hall–Kier alpha value is -2.51. The fourth-order valence-corrected chi connectivity index (χ4v) is 3.78. The van der Waals surface area contributed by atoms with Crippen molar-refractivity contribution in [1.82, 2.24) is 19.9 Å². The Bertz CT molecular complexity index is 987. The van der Waals surface area contributed by atoms with Gasteiger partial charge in [-0.15, -0.1) is 22.7 Å². The highest BCUT2D eigenvalue weighted by Crippen LogP contribution is 2.24. The molecule has 0 aliphatic heterocycles. The van der Waals surface area contributed by atoms with E-state index in [2.05, 4.69) is 15.4 Å². The number of hydrogen-bond donors (Lipinski definition) is 1. The number of thiophene rings is 2. The van der Waals surface area contributed by atoms with E-state index in [1.807, 2.05) is 48.0 Å². The number of carbonyl (C=O) groups is 1. The summed E-state index contributed by atoms with van der Waals surface area (Å²) in [6, 6.07) is 11.7. The number of nitrogens with zero attached hydrogens (tertiary/aromatic N) is 3. The minimum atomic E-state index is -0.173. The van der Waals surface area contributed by atoms with Crippen molar-refractivity contribution < 1.29 is 4.79 Å². The average Bonchev–Trinajstić information content (AvgIpc) is 3.31. The van der Waals surface area contributed by atoms with Gasteiger partial charge in [0.2, 0.25) is 0 Å². The van der Waals surface area contributed by atoms with Crippen molar-refractivity contribution in [2.45, 2.75) is 13.5 Å². The van der Waals surface area contributed by atoms with Crippen LogP contribution in [-0.2, 0) is 6.54 Å². The van der Waals surface area contributed by atoms with Crippen LogP contribution in [0.1, 0.15) is 21.1 Å². The largest absolute Gasteiger partial charge is 0.346 e. The molecular formula is C17H14N4OS2. The van der Waals surface area contributed by atoms with Gasteiger partial charge in [-0.2, -0.15) is 5.10 Å². The summed E-state index contributed by atoms with van der Waals surface area (Å²) in [6.07, 6.45) is 0. The topological polar surface area (TPSA) is 59.3 Å². The molecule has 0 saturated carbocycles. The van der Waals surface area contributed by atoms with Crippen LogP contribution in [0.15, 0.2) is 47.2 Å². The molecule has 0 aliphatic rings. The molecule has 0 fully saturated rings. The van der Waals surface area contributed by atoms with Crippen LogP contribution in [0.25, 0.3) is 16.2 Å². The molecule has 24 heavy (non-hydrogen) atoms. The lowest BCUT2D eigenvalue weighted by Gasteiger charge is -2.05. The molecule has 0 unspecified atom stereocenters. The molecule has 120 valence electrons. The van der Waals surface area contributed by atoms with Crippen LogP contribution in [0, 0.1) is 6.92 Å². The normalized spacial score (nSPS) is 11.0. The molecule has 5 nitrogen and oxygen atoms in total. The summed E-state index contributed by atoms with van der Waals surface area (Å²) in [7, 11) is 0. The summed E-state index contributed by atoms with van der Waals surface area (Å²) in [5.41, 5.74) is 2.84. The monoisotopic (exact) mass is 354 g/mol. The van der Waals surface area contributed by atoms with Crippen LogP contribution in [0.5, 0.6) is 0 Å². The maximum absolute atomic E-state index is 12.4. The first-order valence-corrected chi connectivity index (χ1v) is 9.18. The van der Waals surface area contributed by atoms with Crippen molar-refractivity contribution in [3.05, 3.63) is 63.4 Å². The van der Waals surface area contributed by atoms with Gasteiger partial charge < -0.3 is 5.32 Å². The summed E-state index contributed by atoms with van der Waals surface area (Å²) >= 11 is 3.25. The molecule has 7 heteroatoms. The predicted molar refractivity (Wildman–Crippen MR) is 96.5 cm³/mol. The lowest BCUT2D eigenvalue weighted by molar-refractivity contribution is 0.0946. The van der Waals surface area contributed by atoms with E-state index in [1.165, 1.54) is 0 Å². The number of nitrogens with one attached hydrogen (secondary N) is 1. The Kier molecular flexibility index (Phi) is 3.87. The molecule has 4 rings (SSSR count). The SMILES string of the molecule is Cc1cc(C(=O)NCc2cccs2)nc2cc(-c3cccs3)nn12. The van der Waals surface area contributed by atoms with Crippen LogP contribution in [0.2, 0.25) is 0 Å². The second kappa shape index (κ2) is 6.18. The molecule has 0 saturated heterocycles. The molecular weight excluding hydrogens is 340 g/mol. The van der Waals surface area contributed by atoms with Crippen LogP contribution < -0.4 is 5.32 Å². The third-order valence-corrected chi connectivity index (χ3v) is 5.38. The van der Waals surface area contributed by atoms with Crippen molar-refractivity contribution in [2.75, 3.05) is 0 Å². The van der Waals surface area contributed by atoms with E-state index in [4.69, 9.17) is 0 Å². The molecule has 0 aliphatic carbocycles. The van der Waals surface area contributed by atoms with E-state index in [9.17, 15) is 4.79 Å². The van der Waals surface area contributed by atoms with Crippen molar-refractivity contribution in [1.29, 1.82) is 0 Å². The second-order valence-electron chi connectivity index (χ2n) is 5.32. The zero-order valence-corrected chi connectivity index (χ0v) is 14.5. The predicted octanol–water partition coefficient (Wildman–Crippen LogP) is 3.76. The highest BCUT2D eigenvalue weighted by molar-refractivity contribution is 7.13. The van der Waals surface area contributed by atoms with Crippen molar-refractivity contribution >= 4 is 34.2 Å². The Morgan fingerprint density at radius 1 is 1.21 bits per heavy atom. The van der Waals surface area contributed by atoms with Gasteiger partial charge in [-0.1, -0.05) is 12.1 Å². The molecule has 1 N–H and O–H groups in total. The van der Waals surface area contributed by atoms with Gasteiger partial charge in [0.1, 0.15) is 11.4 Å². The minimum Gasteiger partial charge on any atom is -0.346 e. The molecule has 4 aromatic heterocycles. The fraction of sp³-hybridized carbons (Fsp3) is 0.118. The summed E-state index contributed by atoms with van der Waals surface area (Å²) in [4.78, 5) is 19.0. The van der Waals surface area contributed by atoms with E-state index in [-0.39, 0.29) is 5.91 Å². The van der Waals surface area contributed by atoms with Gasteiger partial charge >= 0.3 is 0 Å². The minimum absolute atomic E-state index is 0.173. The maximum Gasteiger partial charge on any atom is 0.270 e. The third-order valence-electron chi connectivity index (χ3n) is 3.61. The highest BCUT2D eigenvalue weighted by Gasteiger charge is 2.13. The number of aryl methyl sites for hydroxylation is 1. The lowest BCUT2D eigenvalue weighted by atomic mass is 10.3. The van der Waals surface area contributed by atoms with E-state index < -0.39 is 0 Å². The van der Waals surface area contributed by atoms with E-state index in [1.54, 1.807) is 33.3 Å². The molecule has 0 spiro atoms. The van der Waals surface area contributed by atoms with Crippen LogP contribution in [-0.4, -0.2) is 20.5 Å². The van der Waals surface area contributed by atoms with E-state index in [0.717, 1.165) is 21.1 Å². The Labute approximate surface area is 146 Å². The summed E-state index contributed by atoms with van der Waals surface area (Å²) in [5, 5.41) is 11.5. The first-order chi connectivity index (χ1) is 11.7. The molecule has 0 radical (unpaired) electrons. The Balaban J connectivity index is 1.63. The maximum atomic E-state index is 12.4. The highest BCUT2D eigenvalue weighted by atomic mass is 32.1. The molecule has 1 amide bonds. The first-order valence-electron chi connectivity index (χ1n) is 7.42. The van der Waals surface area contributed by atoms with E-state index >= 15 is 0 Å². The summed E-state index contributed by atoms with van der Waals surface area (Å²) in [5.74, 6) is -0.173. The molecule has 0 aromatic carbocycles. The van der Waals surface area contributed by atoms with Crippen molar-refractivity contribution in [2.24, 2.45) is 0 Å². The van der Waals surface area contributed by atoms with Crippen LogP contribution in [0.3, 0.4) is 0 Å². The van der Waals surface area contributed by atoms with Crippen LogP contribution in [0.4, 0.5) is 0 Å². The molecule has 4 heterocycles. The molecule has 4 aromatic rings. The van der Waals surface area contributed by atoms with Gasteiger partial charge in [0.05, 0.1) is 11.4 Å². The number of amides is 1.